The van der Waals surface area contributed by atoms with Gasteiger partial charge in [-0.3, -0.25) is 0 Å². The first-order chi connectivity index (χ1) is 5.24. The summed E-state index contributed by atoms with van der Waals surface area (Å²) in [6.45, 7) is 0. The maximum atomic E-state index is 12.5. The van der Waals surface area contributed by atoms with E-state index < -0.39 is 11.6 Å². The Balaban J connectivity index is 2.86. The molecule has 0 atom stereocenters. The van der Waals surface area contributed by atoms with Crippen molar-refractivity contribution in [1.82, 2.24) is 0 Å². The van der Waals surface area contributed by atoms with Crippen LogP contribution in [0.15, 0.2) is 18.2 Å². The second-order valence-electron chi connectivity index (χ2n) is 1.94. The summed E-state index contributed by atoms with van der Waals surface area (Å²) in [5.74, 6) is -1.65. The van der Waals surface area contributed by atoms with Gasteiger partial charge in [-0.1, -0.05) is 11.9 Å². The van der Waals surface area contributed by atoms with Gasteiger partial charge >= 0.3 is 0 Å². The van der Waals surface area contributed by atoms with Crippen molar-refractivity contribution in [1.29, 1.82) is 0 Å². The van der Waals surface area contributed by atoms with Gasteiger partial charge < -0.3 is 4.72 Å². The van der Waals surface area contributed by atoms with Gasteiger partial charge in [0.05, 0.1) is 0 Å². The summed E-state index contributed by atoms with van der Waals surface area (Å²) in [7, 11) is 0. The Kier molecular flexibility index (Phi) is 2.70. The van der Waals surface area contributed by atoms with Crippen LogP contribution in [0.3, 0.4) is 0 Å². The fraction of sp³-hybridized carbons (Fsp3) is 0.143. The first-order valence-corrected chi connectivity index (χ1v) is 4.20. The number of rotatable bonds is 2. The van der Waals surface area contributed by atoms with Gasteiger partial charge in [-0.25, -0.2) is 8.78 Å². The van der Waals surface area contributed by atoms with Crippen LogP contribution in [0, 0.1) is 11.6 Å². The highest BCUT2D eigenvalue weighted by atomic mass is 32.2. The summed E-state index contributed by atoms with van der Waals surface area (Å²) in [6, 6.07) is 3.69. The molecule has 4 heteroatoms. The molecule has 0 fully saturated rings. The Morgan fingerprint density at radius 1 is 1.27 bits per heavy atom. The highest BCUT2D eigenvalue weighted by Crippen LogP contribution is 2.14. The van der Waals surface area contributed by atoms with Crippen molar-refractivity contribution in [2.24, 2.45) is 0 Å². The van der Waals surface area contributed by atoms with E-state index in [1.807, 2.05) is 0 Å². The monoisotopic (exact) mass is 175 g/mol. The first-order valence-electron chi connectivity index (χ1n) is 2.98. The van der Waals surface area contributed by atoms with Gasteiger partial charge in [0.2, 0.25) is 0 Å². The molecule has 0 saturated carbocycles. The number of hydrogen-bond acceptors (Lipinski definition) is 2. The average molecular weight is 175 g/mol. The van der Waals surface area contributed by atoms with Crippen LogP contribution in [0.5, 0.6) is 0 Å². The molecule has 11 heavy (non-hydrogen) atoms. The standard InChI is InChI=1S/C7H7F2NS/c1-11-10-5-2-3-6(8)7(9)4-5/h2-4,10H,1H3. The minimum absolute atomic E-state index is 0.566. The predicted octanol–water partition coefficient (Wildman–Crippen LogP) is 2.65. The molecule has 1 nitrogen and oxygen atoms in total. The molecule has 0 amide bonds. The second-order valence-corrected chi connectivity index (χ2v) is 2.55. The van der Waals surface area contributed by atoms with E-state index in [0.717, 1.165) is 12.1 Å². The van der Waals surface area contributed by atoms with Gasteiger partial charge in [0.25, 0.3) is 0 Å². The van der Waals surface area contributed by atoms with Crippen LogP contribution in [-0.4, -0.2) is 6.26 Å². The lowest BCUT2D eigenvalue weighted by molar-refractivity contribution is 0.509. The fourth-order valence-corrected chi connectivity index (χ4v) is 1.04. The zero-order chi connectivity index (χ0) is 8.27. The summed E-state index contributed by atoms with van der Waals surface area (Å²) >= 11 is 1.33. The van der Waals surface area contributed by atoms with Gasteiger partial charge in [0.15, 0.2) is 11.6 Å². The van der Waals surface area contributed by atoms with E-state index in [9.17, 15) is 8.78 Å². The van der Waals surface area contributed by atoms with Crippen LogP contribution < -0.4 is 4.72 Å². The first kappa shape index (κ1) is 8.33. The molecule has 1 aromatic carbocycles. The largest absolute Gasteiger partial charge is 0.330 e. The summed E-state index contributed by atoms with van der Waals surface area (Å²) < 4.78 is 27.6. The average Bonchev–Trinajstić information content (AvgIpc) is 1.98. The molecule has 0 aliphatic rings. The normalized spacial score (nSPS) is 9.73. The molecule has 0 bridgehead atoms. The van der Waals surface area contributed by atoms with Crippen LogP contribution in [0.4, 0.5) is 14.5 Å². The highest BCUT2D eigenvalue weighted by Gasteiger charge is 2.00. The van der Waals surface area contributed by atoms with E-state index in [4.69, 9.17) is 0 Å². The van der Waals surface area contributed by atoms with E-state index in [0.29, 0.717) is 5.69 Å². The van der Waals surface area contributed by atoms with Crippen molar-refractivity contribution in [2.75, 3.05) is 11.0 Å². The molecule has 0 aliphatic carbocycles. The summed E-state index contributed by atoms with van der Waals surface area (Å²) in [6.07, 6.45) is 1.81. The van der Waals surface area contributed by atoms with Gasteiger partial charge in [-0.15, -0.1) is 0 Å². The molecule has 0 aromatic heterocycles. The van der Waals surface area contributed by atoms with Gasteiger partial charge in [-0.05, 0) is 12.1 Å². The SMILES string of the molecule is CSNc1ccc(F)c(F)c1. The van der Waals surface area contributed by atoms with Crippen molar-refractivity contribution < 1.29 is 8.78 Å². The Labute approximate surface area is 67.9 Å². The van der Waals surface area contributed by atoms with Crippen LogP contribution >= 0.6 is 11.9 Å². The number of hydrogen-bond donors (Lipinski definition) is 1. The third-order valence-electron chi connectivity index (χ3n) is 1.14. The van der Waals surface area contributed by atoms with Gasteiger partial charge in [-0.2, -0.15) is 0 Å². The summed E-state index contributed by atoms with van der Waals surface area (Å²) in [4.78, 5) is 0. The molecule has 1 aromatic rings. The molecule has 0 saturated heterocycles. The molecule has 0 aliphatic heterocycles. The van der Waals surface area contributed by atoms with E-state index in [1.165, 1.54) is 18.0 Å². The van der Waals surface area contributed by atoms with E-state index >= 15 is 0 Å². The summed E-state index contributed by atoms with van der Waals surface area (Å²) in [5.41, 5.74) is 0.566. The quantitative estimate of drug-likeness (QED) is 0.693. The van der Waals surface area contributed by atoms with Crippen LogP contribution in [0.25, 0.3) is 0 Å². The van der Waals surface area contributed by atoms with Gasteiger partial charge in [0.1, 0.15) is 0 Å². The molecule has 0 radical (unpaired) electrons. The third-order valence-corrected chi connectivity index (χ3v) is 1.58. The summed E-state index contributed by atoms with van der Waals surface area (Å²) in [5, 5.41) is 0. The molecule has 0 spiro atoms. The fourth-order valence-electron chi connectivity index (χ4n) is 0.677. The Morgan fingerprint density at radius 2 is 2.00 bits per heavy atom. The smallest absolute Gasteiger partial charge is 0.160 e. The zero-order valence-corrected chi connectivity index (χ0v) is 6.71. The van der Waals surface area contributed by atoms with Crippen molar-refractivity contribution >= 4 is 17.6 Å². The maximum absolute atomic E-state index is 12.5. The van der Waals surface area contributed by atoms with E-state index in [-0.39, 0.29) is 0 Å². The minimum Gasteiger partial charge on any atom is -0.330 e. The molecule has 1 rings (SSSR count). The van der Waals surface area contributed by atoms with Crippen LogP contribution in [0.1, 0.15) is 0 Å². The molecule has 1 N–H and O–H groups in total. The predicted molar refractivity (Wildman–Crippen MR) is 43.5 cm³/mol. The van der Waals surface area contributed by atoms with Crippen molar-refractivity contribution in [2.45, 2.75) is 0 Å². The molecule has 0 heterocycles. The van der Waals surface area contributed by atoms with Crippen LogP contribution in [0.2, 0.25) is 0 Å². The minimum atomic E-state index is -0.830. The molecule has 0 unspecified atom stereocenters. The number of nitrogens with one attached hydrogen (secondary N) is 1. The van der Waals surface area contributed by atoms with Gasteiger partial charge in [0, 0.05) is 18.0 Å². The Morgan fingerprint density at radius 3 is 2.55 bits per heavy atom. The second kappa shape index (κ2) is 3.57. The van der Waals surface area contributed by atoms with E-state index in [2.05, 4.69) is 4.72 Å². The molecular weight excluding hydrogens is 168 g/mol. The van der Waals surface area contributed by atoms with Crippen molar-refractivity contribution in [3.8, 4) is 0 Å². The number of anilines is 1. The highest BCUT2D eigenvalue weighted by molar-refractivity contribution is 7.99. The van der Waals surface area contributed by atoms with Crippen LogP contribution in [-0.2, 0) is 0 Å². The number of benzene rings is 1. The lowest BCUT2D eigenvalue weighted by Gasteiger charge is -2.00. The van der Waals surface area contributed by atoms with Crippen molar-refractivity contribution in [3.05, 3.63) is 29.8 Å². The Hall–Kier alpha value is -0.770. The maximum Gasteiger partial charge on any atom is 0.160 e. The number of halogens is 2. The molecular formula is C7H7F2NS. The van der Waals surface area contributed by atoms with E-state index in [1.54, 1.807) is 6.26 Å². The third kappa shape index (κ3) is 2.08. The zero-order valence-electron chi connectivity index (χ0n) is 5.90. The lowest BCUT2D eigenvalue weighted by atomic mass is 10.3. The lowest BCUT2D eigenvalue weighted by Crippen LogP contribution is -1.88. The van der Waals surface area contributed by atoms with Crippen molar-refractivity contribution in [3.63, 3.8) is 0 Å². The topological polar surface area (TPSA) is 12.0 Å². The Bertz CT molecular complexity index is 252. The molecule has 60 valence electrons.